The summed E-state index contributed by atoms with van der Waals surface area (Å²) in [5, 5.41) is 6.69. The van der Waals surface area contributed by atoms with Gasteiger partial charge < -0.3 is 0 Å². The molecule has 0 aliphatic heterocycles. The number of benzene rings is 1. The highest BCUT2D eigenvalue weighted by molar-refractivity contribution is 5.65. The standard InChI is InChI=1S/C11H10N2/c1-2-9-4-3-5-10(6-9)11-7-12-13-8-11/h2-8H,1H2,(H,12,13). The molecule has 64 valence electrons. The van der Waals surface area contributed by atoms with Crippen LogP contribution >= 0.6 is 0 Å². The van der Waals surface area contributed by atoms with Gasteiger partial charge in [-0.3, -0.25) is 5.10 Å². The number of hydrogen-bond acceptors (Lipinski definition) is 1. The normalized spacial score (nSPS) is 9.85. The third kappa shape index (κ3) is 1.51. The quantitative estimate of drug-likeness (QED) is 0.737. The summed E-state index contributed by atoms with van der Waals surface area (Å²) < 4.78 is 0. The molecule has 0 bridgehead atoms. The Balaban J connectivity index is 2.47. The molecule has 0 aliphatic rings. The van der Waals surface area contributed by atoms with Crippen LogP contribution in [0.5, 0.6) is 0 Å². The molecule has 1 aromatic carbocycles. The number of nitrogens with one attached hydrogen (secondary N) is 1. The molecule has 2 aromatic rings. The molecule has 0 fully saturated rings. The third-order valence-electron chi connectivity index (χ3n) is 1.95. The zero-order valence-corrected chi connectivity index (χ0v) is 7.20. The minimum Gasteiger partial charge on any atom is -0.285 e. The molecule has 1 aromatic heterocycles. The second-order valence-corrected chi connectivity index (χ2v) is 2.82. The summed E-state index contributed by atoms with van der Waals surface area (Å²) >= 11 is 0. The zero-order valence-electron chi connectivity index (χ0n) is 7.20. The molecule has 2 nitrogen and oxygen atoms in total. The highest BCUT2D eigenvalue weighted by Gasteiger charge is 1.97. The average molecular weight is 170 g/mol. The van der Waals surface area contributed by atoms with Crippen LogP contribution in [0.3, 0.4) is 0 Å². The summed E-state index contributed by atoms with van der Waals surface area (Å²) in [6, 6.07) is 8.17. The van der Waals surface area contributed by atoms with Gasteiger partial charge in [-0.15, -0.1) is 0 Å². The lowest BCUT2D eigenvalue weighted by Crippen LogP contribution is -1.75. The third-order valence-corrected chi connectivity index (χ3v) is 1.95. The van der Waals surface area contributed by atoms with Gasteiger partial charge >= 0.3 is 0 Å². The molecule has 0 saturated carbocycles. The van der Waals surface area contributed by atoms with E-state index in [-0.39, 0.29) is 0 Å². The van der Waals surface area contributed by atoms with Crippen LogP contribution in [0.25, 0.3) is 17.2 Å². The first kappa shape index (κ1) is 7.80. The van der Waals surface area contributed by atoms with Gasteiger partial charge in [0.1, 0.15) is 0 Å². The maximum Gasteiger partial charge on any atom is 0.0565 e. The van der Waals surface area contributed by atoms with Crippen molar-refractivity contribution in [3.05, 3.63) is 48.8 Å². The van der Waals surface area contributed by atoms with Gasteiger partial charge in [-0.25, -0.2) is 0 Å². The summed E-state index contributed by atoms with van der Waals surface area (Å²) in [4.78, 5) is 0. The molecule has 13 heavy (non-hydrogen) atoms. The molecule has 1 N–H and O–H groups in total. The lowest BCUT2D eigenvalue weighted by Gasteiger charge is -1.97. The molecule has 0 amide bonds. The lowest BCUT2D eigenvalue weighted by molar-refractivity contribution is 1.09. The average Bonchev–Trinajstić information content (AvgIpc) is 2.71. The first-order valence-corrected chi connectivity index (χ1v) is 4.12. The van der Waals surface area contributed by atoms with Crippen LogP contribution in [0, 0.1) is 0 Å². The molecule has 2 heteroatoms. The van der Waals surface area contributed by atoms with E-state index in [4.69, 9.17) is 0 Å². The van der Waals surface area contributed by atoms with Gasteiger partial charge in [0.15, 0.2) is 0 Å². The molecule has 0 aliphatic carbocycles. The smallest absolute Gasteiger partial charge is 0.0565 e. The van der Waals surface area contributed by atoms with Crippen LogP contribution in [0.2, 0.25) is 0 Å². The molecule has 2 rings (SSSR count). The van der Waals surface area contributed by atoms with Crippen molar-refractivity contribution in [2.24, 2.45) is 0 Å². The highest BCUT2D eigenvalue weighted by Crippen LogP contribution is 2.18. The summed E-state index contributed by atoms with van der Waals surface area (Å²) in [7, 11) is 0. The molecule has 0 saturated heterocycles. The monoisotopic (exact) mass is 170 g/mol. The van der Waals surface area contributed by atoms with Crippen molar-refractivity contribution in [2.45, 2.75) is 0 Å². The maximum atomic E-state index is 3.90. The fourth-order valence-electron chi connectivity index (χ4n) is 1.25. The fraction of sp³-hybridized carbons (Fsp3) is 0. The second kappa shape index (κ2) is 3.27. The van der Waals surface area contributed by atoms with Crippen LogP contribution < -0.4 is 0 Å². The molecular weight excluding hydrogens is 160 g/mol. The topological polar surface area (TPSA) is 28.7 Å². The van der Waals surface area contributed by atoms with E-state index in [1.54, 1.807) is 0 Å². The van der Waals surface area contributed by atoms with Crippen LogP contribution in [0.1, 0.15) is 5.56 Å². The number of nitrogens with zero attached hydrogens (tertiary/aromatic N) is 1. The first-order valence-electron chi connectivity index (χ1n) is 4.12. The Labute approximate surface area is 76.9 Å². The van der Waals surface area contributed by atoms with Gasteiger partial charge in [0.25, 0.3) is 0 Å². The Kier molecular flexibility index (Phi) is 1.96. The van der Waals surface area contributed by atoms with E-state index in [1.807, 2.05) is 30.6 Å². The molecule has 0 spiro atoms. The van der Waals surface area contributed by atoms with Crippen molar-refractivity contribution in [2.75, 3.05) is 0 Å². The lowest BCUT2D eigenvalue weighted by atomic mass is 10.1. The van der Waals surface area contributed by atoms with Gasteiger partial charge in [0.05, 0.1) is 6.20 Å². The first-order chi connectivity index (χ1) is 6.40. The van der Waals surface area contributed by atoms with E-state index in [0.717, 1.165) is 16.7 Å². The highest BCUT2D eigenvalue weighted by atomic mass is 15.1. The molecule has 0 unspecified atom stereocenters. The van der Waals surface area contributed by atoms with Crippen LogP contribution in [-0.2, 0) is 0 Å². The zero-order chi connectivity index (χ0) is 9.10. The summed E-state index contributed by atoms with van der Waals surface area (Å²) in [6.07, 6.45) is 5.52. The SMILES string of the molecule is C=Cc1cccc(-c2cn[nH]c2)c1. The van der Waals surface area contributed by atoms with Crippen molar-refractivity contribution in [1.29, 1.82) is 0 Å². The van der Waals surface area contributed by atoms with E-state index in [0.29, 0.717) is 0 Å². The number of rotatable bonds is 2. The van der Waals surface area contributed by atoms with Crippen molar-refractivity contribution in [3.8, 4) is 11.1 Å². The van der Waals surface area contributed by atoms with Gasteiger partial charge in [0, 0.05) is 11.8 Å². The van der Waals surface area contributed by atoms with E-state index in [9.17, 15) is 0 Å². The Morgan fingerprint density at radius 3 is 2.92 bits per heavy atom. The predicted molar refractivity (Wildman–Crippen MR) is 54.1 cm³/mol. The van der Waals surface area contributed by atoms with Crippen molar-refractivity contribution in [3.63, 3.8) is 0 Å². The largest absolute Gasteiger partial charge is 0.285 e. The van der Waals surface area contributed by atoms with Gasteiger partial charge in [-0.1, -0.05) is 30.9 Å². The van der Waals surface area contributed by atoms with E-state index in [2.05, 4.69) is 28.9 Å². The van der Waals surface area contributed by atoms with E-state index < -0.39 is 0 Å². The second-order valence-electron chi connectivity index (χ2n) is 2.82. The van der Waals surface area contributed by atoms with Crippen LogP contribution in [0.15, 0.2) is 43.2 Å². The Bertz CT molecular complexity index is 402. The van der Waals surface area contributed by atoms with Crippen molar-refractivity contribution < 1.29 is 0 Å². The van der Waals surface area contributed by atoms with E-state index >= 15 is 0 Å². The predicted octanol–water partition coefficient (Wildman–Crippen LogP) is 2.72. The Morgan fingerprint density at radius 1 is 1.31 bits per heavy atom. The number of hydrogen-bond donors (Lipinski definition) is 1. The minimum atomic E-state index is 1.10. The fourth-order valence-corrected chi connectivity index (χ4v) is 1.25. The maximum absolute atomic E-state index is 3.90. The van der Waals surface area contributed by atoms with Crippen LogP contribution in [-0.4, -0.2) is 10.2 Å². The van der Waals surface area contributed by atoms with Crippen molar-refractivity contribution >= 4 is 6.08 Å². The van der Waals surface area contributed by atoms with E-state index in [1.165, 1.54) is 0 Å². The number of H-pyrrole nitrogens is 1. The van der Waals surface area contributed by atoms with Gasteiger partial charge in [-0.05, 0) is 17.2 Å². The Hall–Kier alpha value is -1.83. The van der Waals surface area contributed by atoms with Crippen molar-refractivity contribution in [1.82, 2.24) is 10.2 Å². The molecule has 0 atom stereocenters. The molecule has 1 heterocycles. The summed E-state index contributed by atoms with van der Waals surface area (Å²) in [6.45, 7) is 3.73. The molecule has 0 radical (unpaired) electrons. The number of aromatic nitrogens is 2. The van der Waals surface area contributed by atoms with Gasteiger partial charge in [0.2, 0.25) is 0 Å². The number of aromatic amines is 1. The van der Waals surface area contributed by atoms with Crippen LogP contribution in [0.4, 0.5) is 0 Å². The minimum absolute atomic E-state index is 1.10. The summed E-state index contributed by atoms with van der Waals surface area (Å²) in [5.41, 5.74) is 3.38. The van der Waals surface area contributed by atoms with Gasteiger partial charge in [-0.2, -0.15) is 5.10 Å². The molecular formula is C11H10N2. The Morgan fingerprint density at radius 2 is 2.23 bits per heavy atom. The summed E-state index contributed by atoms with van der Waals surface area (Å²) in [5.74, 6) is 0.